The monoisotopic (exact) mass is 324 g/mol. The largest absolute Gasteiger partial charge is 0.497 e. The summed E-state index contributed by atoms with van der Waals surface area (Å²) in [6, 6.07) is 14.2. The number of rotatable bonds is 5. The van der Waals surface area contributed by atoms with Gasteiger partial charge in [-0.15, -0.1) is 0 Å². The average Bonchev–Trinajstić information content (AvgIpc) is 2.60. The molecule has 0 aliphatic rings. The lowest BCUT2D eigenvalue weighted by Crippen LogP contribution is -2.21. The zero-order valence-electron chi connectivity index (χ0n) is 13.9. The maximum atomic E-state index is 11.9. The van der Waals surface area contributed by atoms with Crippen molar-refractivity contribution >= 4 is 23.6 Å². The van der Waals surface area contributed by atoms with Gasteiger partial charge in [-0.3, -0.25) is 9.59 Å². The molecule has 5 nitrogen and oxygen atoms in total. The molecule has 0 bridgehead atoms. The lowest BCUT2D eigenvalue weighted by Gasteiger charge is -2.09. The van der Waals surface area contributed by atoms with Crippen molar-refractivity contribution in [3.63, 3.8) is 0 Å². The molecule has 0 saturated heterocycles. The van der Waals surface area contributed by atoms with Gasteiger partial charge in [0.1, 0.15) is 5.75 Å². The number of anilines is 1. The highest BCUT2D eigenvalue weighted by Crippen LogP contribution is 2.15. The molecule has 0 saturated carbocycles. The number of carbonyl (C=O) groups excluding carboxylic acids is 2. The van der Waals surface area contributed by atoms with Crippen LogP contribution in [0.25, 0.3) is 6.08 Å². The molecule has 5 heteroatoms. The van der Waals surface area contributed by atoms with E-state index in [0.717, 1.165) is 11.3 Å². The van der Waals surface area contributed by atoms with Crippen LogP contribution >= 0.6 is 0 Å². The summed E-state index contributed by atoms with van der Waals surface area (Å²) in [6.07, 6.45) is 3.15. The van der Waals surface area contributed by atoms with Crippen molar-refractivity contribution in [2.45, 2.75) is 0 Å². The molecule has 0 aliphatic heterocycles. The fraction of sp³-hybridized carbons (Fsp3) is 0.158. The summed E-state index contributed by atoms with van der Waals surface area (Å²) in [5.74, 6) is 0.451. The van der Waals surface area contributed by atoms with Crippen LogP contribution in [0, 0.1) is 0 Å². The Morgan fingerprint density at radius 3 is 2.17 bits per heavy atom. The first-order chi connectivity index (χ1) is 11.5. The number of hydrogen-bond donors (Lipinski definition) is 1. The Balaban J connectivity index is 1.96. The van der Waals surface area contributed by atoms with Crippen LogP contribution in [0.3, 0.4) is 0 Å². The van der Waals surface area contributed by atoms with Crippen molar-refractivity contribution in [1.29, 1.82) is 0 Å². The highest BCUT2D eigenvalue weighted by atomic mass is 16.5. The van der Waals surface area contributed by atoms with E-state index in [9.17, 15) is 9.59 Å². The summed E-state index contributed by atoms with van der Waals surface area (Å²) >= 11 is 0. The van der Waals surface area contributed by atoms with Gasteiger partial charge in [0.2, 0.25) is 5.91 Å². The second-order valence-corrected chi connectivity index (χ2v) is 5.37. The van der Waals surface area contributed by atoms with Crippen LogP contribution in [0.1, 0.15) is 15.9 Å². The van der Waals surface area contributed by atoms with Crippen molar-refractivity contribution in [2.24, 2.45) is 0 Å². The Kier molecular flexibility index (Phi) is 5.73. The lowest BCUT2D eigenvalue weighted by atomic mass is 10.1. The molecule has 0 aromatic heterocycles. The maximum absolute atomic E-state index is 11.9. The number of amides is 2. The summed E-state index contributed by atoms with van der Waals surface area (Å²) in [5, 5.41) is 2.77. The van der Waals surface area contributed by atoms with E-state index in [4.69, 9.17) is 4.74 Å². The summed E-state index contributed by atoms with van der Waals surface area (Å²) in [7, 11) is 5.01. The number of carbonyl (C=O) groups is 2. The van der Waals surface area contributed by atoms with Crippen LogP contribution in [0.2, 0.25) is 0 Å². The Bertz CT molecular complexity index is 732. The molecular weight excluding hydrogens is 304 g/mol. The molecule has 24 heavy (non-hydrogen) atoms. The second-order valence-electron chi connectivity index (χ2n) is 5.37. The van der Waals surface area contributed by atoms with E-state index in [-0.39, 0.29) is 11.8 Å². The van der Waals surface area contributed by atoms with Crippen LogP contribution in [0.4, 0.5) is 5.69 Å². The van der Waals surface area contributed by atoms with E-state index in [0.29, 0.717) is 11.3 Å². The molecule has 2 rings (SSSR count). The first-order valence-corrected chi connectivity index (χ1v) is 7.44. The van der Waals surface area contributed by atoms with E-state index in [1.807, 2.05) is 0 Å². The van der Waals surface area contributed by atoms with Crippen LogP contribution in [0.15, 0.2) is 54.6 Å². The van der Waals surface area contributed by atoms with E-state index in [1.54, 1.807) is 75.8 Å². The summed E-state index contributed by atoms with van der Waals surface area (Å²) in [4.78, 5) is 25.2. The molecule has 0 radical (unpaired) electrons. The first kappa shape index (κ1) is 17.3. The number of nitrogens with one attached hydrogen (secondary N) is 1. The third kappa shape index (κ3) is 4.71. The normalized spacial score (nSPS) is 10.5. The van der Waals surface area contributed by atoms with Gasteiger partial charge in [-0.2, -0.15) is 0 Å². The molecular formula is C19H20N2O3. The zero-order valence-corrected chi connectivity index (χ0v) is 13.9. The standard InChI is InChI=1S/C19H20N2O3/c1-21(2)19(23)15-7-4-14(5-8-15)6-13-18(22)20-16-9-11-17(24-3)12-10-16/h4-13H,1-3H3,(H,20,22)/b13-6+. The van der Waals surface area contributed by atoms with Gasteiger partial charge in [0.25, 0.3) is 5.91 Å². The number of ether oxygens (including phenoxy) is 1. The number of methoxy groups -OCH3 is 1. The minimum absolute atomic E-state index is 0.0530. The minimum atomic E-state index is -0.228. The Hall–Kier alpha value is -3.08. The highest BCUT2D eigenvalue weighted by molar-refractivity contribution is 6.02. The summed E-state index contributed by atoms with van der Waals surface area (Å²) in [5.41, 5.74) is 2.15. The number of nitrogens with zero attached hydrogens (tertiary/aromatic N) is 1. The highest BCUT2D eigenvalue weighted by Gasteiger charge is 2.06. The second kappa shape index (κ2) is 7.97. The smallest absolute Gasteiger partial charge is 0.253 e. The van der Waals surface area contributed by atoms with Crippen molar-refractivity contribution in [3.05, 3.63) is 65.7 Å². The van der Waals surface area contributed by atoms with Gasteiger partial charge < -0.3 is 15.0 Å². The molecule has 2 aromatic carbocycles. The fourth-order valence-corrected chi connectivity index (χ4v) is 2.03. The fourth-order valence-electron chi connectivity index (χ4n) is 2.03. The number of benzene rings is 2. The molecule has 0 fully saturated rings. The molecule has 2 amide bonds. The topological polar surface area (TPSA) is 58.6 Å². The minimum Gasteiger partial charge on any atom is -0.497 e. The molecule has 0 heterocycles. The van der Waals surface area contributed by atoms with E-state index in [2.05, 4.69) is 5.32 Å². The first-order valence-electron chi connectivity index (χ1n) is 7.44. The SMILES string of the molecule is COc1ccc(NC(=O)/C=C/c2ccc(C(=O)N(C)C)cc2)cc1. The van der Waals surface area contributed by atoms with Gasteiger partial charge in [-0.05, 0) is 48.0 Å². The van der Waals surface area contributed by atoms with Gasteiger partial charge in [-0.1, -0.05) is 12.1 Å². The Morgan fingerprint density at radius 2 is 1.62 bits per heavy atom. The number of hydrogen-bond acceptors (Lipinski definition) is 3. The Morgan fingerprint density at radius 1 is 1.00 bits per heavy atom. The van der Waals surface area contributed by atoms with Crippen LogP contribution < -0.4 is 10.1 Å². The van der Waals surface area contributed by atoms with Gasteiger partial charge in [-0.25, -0.2) is 0 Å². The van der Waals surface area contributed by atoms with E-state index < -0.39 is 0 Å². The van der Waals surface area contributed by atoms with Crippen LogP contribution in [0.5, 0.6) is 5.75 Å². The van der Waals surface area contributed by atoms with E-state index >= 15 is 0 Å². The quantitative estimate of drug-likeness (QED) is 0.860. The van der Waals surface area contributed by atoms with E-state index in [1.165, 1.54) is 11.0 Å². The van der Waals surface area contributed by atoms with Gasteiger partial charge >= 0.3 is 0 Å². The average molecular weight is 324 g/mol. The summed E-state index contributed by atoms with van der Waals surface area (Å²) < 4.78 is 5.07. The molecule has 1 N–H and O–H groups in total. The van der Waals surface area contributed by atoms with Gasteiger partial charge in [0.05, 0.1) is 7.11 Å². The van der Waals surface area contributed by atoms with Crippen LogP contribution in [-0.2, 0) is 4.79 Å². The molecule has 0 spiro atoms. The summed E-state index contributed by atoms with van der Waals surface area (Å²) in [6.45, 7) is 0. The molecule has 0 atom stereocenters. The van der Waals surface area contributed by atoms with Gasteiger partial charge in [0.15, 0.2) is 0 Å². The molecule has 0 aliphatic carbocycles. The molecule has 2 aromatic rings. The zero-order chi connectivity index (χ0) is 17.5. The molecule has 124 valence electrons. The maximum Gasteiger partial charge on any atom is 0.253 e. The van der Waals surface area contributed by atoms with Gasteiger partial charge in [0, 0.05) is 31.4 Å². The van der Waals surface area contributed by atoms with Crippen LogP contribution in [-0.4, -0.2) is 37.9 Å². The molecule has 0 unspecified atom stereocenters. The third-order valence-corrected chi connectivity index (χ3v) is 3.35. The lowest BCUT2D eigenvalue weighted by molar-refractivity contribution is -0.111. The van der Waals surface area contributed by atoms with Crippen molar-refractivity contribution in [1.82, 2.24) is 4.90 Å². The predicted octanol–water partition coefficient (Wildman–Crippen LogP) is 3.05. The third-order valence-electron chi connectivity index (χ3n) is 3.35. The van der Waals surface area contributed by atoms with Crippen molar-refractivity contribution < 1.29 is 14.3 Å². The van der Waals surface area contributed by atoms with Crippen molar-refractivity contribution in [3.8, 4) is 5.75 Å². The Labute approximate surface area is 141 Å². The van der Waals surface area contributed by atoms with Crippen molar-refractivity contribution in [2.75, 3.05) is 26.5 Å². The predicted molar refractivity (Wildman–Crippen MR) is 95.1 cm³/mol.